The van der Waals surface area contributed by atoms with Crippen LogP contribution in [0.2, 0.25) is 0 Å². The fraction of sp³-hybridized carbons (Fsp3) is 0.174. The molecule has 3 aromatic heterocycles. The number of piperazine rings is 1. The molecule has 4 heterocycles. The first-order valence-electron chi connectivity index (χ1n) is 10.3. The summed E-state index contributed by atoms with van der Waals surface area (Å²) in [5.74, 6) is 2.27. The predicted molar refractivity (Wildman–Crippen MR) is 118 cm³/mol. The van der Waals surface area contributed by atoms with Crippen LogP contribution in [0.1, 0.15) is 10.4 Å². The molecule has 0 N–H and O–H groups in total. The van der Waals surface area contributed by atoms with E-state index in [4.69, 9.17) is 4.74 Å². The van der Waals surface area contributed by atoms with E-state index < -0.39 is 0 Å². The Bertz CT molecular complexity index is 1170. The fourth-order valence-electron chi connectivity index (χ4n) is 3.57. The van der Waals surface area contributed by atoms with Crippen LogP contribution in [0.15, 0.2) is 79.6 Å². The lowest BCUT2D eigenvalue weighted by Crippen LogP contribution is -2.49. The van der Waals surface area contributed by atoms with Crippen molar-refractivity contribution in [3.8, 4) is 17.6 Å². The number of hydrogen-bond acceptors (Lipinski definition) is 7. The highest BCUT2D eigenvalue weighted by atomic mass is 16.5. The van der Waals surface area contributed by atoms with E-state index in [1.165, 1.54) is 0 Å². The summed E-state index contributed by atoms with van der Waals surface area (Å²) in [6, 6.07) is 14.9. The van der Waals surface area contributed by atoms with E-state index in [1.807, 2.05) is 40.1 Å². The minimum absolute atomic E-state index is 0.00267. The summed E-state index contributed by atoms with van der Waals surface area (Å²) in [5.41, 5.74) is 0.622. The molecule has 1 aromatic carbocycles. The molecule has 0 spiro atoms. The van der Waals surface area contributed by atoms with Gasteiger partial charge in [-0.3, -0.25) is 4.79 Å². The number of aromatic nitrogens is 5. The predicted octanol–water partition coefficient (Wildman–Crippen LogP) is 2.81. The molecule has 1 aliphatic heterocycles. The molecular weight excluding hydrogens is 406 g/mol. The van der Waals surface area contributed by atoms with Crippen molar-refractivity contribution in [2.75, 3.05) is 31.1 Å². The molecule has 9 heteroatoms. The lowest BCUT2D eigenvalue weighted by atomic mass is 10.1. The normalized spacial score (nSPS) is 13.8. The summed E-state index contributed by atoms with van der Waals surface area (Å²) in [5, 5.41) is 0. The maximum absolute atomic E-state index is 12.9. The topological polar surface area (TPSA) is 89.3 Å². The van der Waals surface area contributed by atoms with Crippen LogP contribution in [0.4, 0.5) is 5.82 Å². The highest BCUT2D eigenvalue weighted by molar-refractivity contribution is 5.94. The molecule has 0 bridgehead atoms. The Labute approximate surface area is 185 Å². The molecule has 0 saturated carbocycles. The molecule has 160 valence electrons. The Hall–Kier alpha value is -4.27. The average molecular weight is 427 g/mol. The number of anilines is 1. The Morgan fingerprint density at radius 1 is 0.812 bits per heavy atom. The smallest absolute Gasteiger partial charge is 0.321 e. The van der Waals surface area contributed by atoms with Gasteiger partial charge in [0.2, 0.25) is 0 Å². The zero-order valence-electron chi connectivity index (χ0n) is 17.3. The van der Waals surface area contributed by atoms with Crippen molar-refractivity contribution >= 4 is 11.7 Å². The van der Waals surface area contributed by atoms with Gasteiger partial charge in [-0.05, 0) is 42.5 Å². The van der Waals surface area contributed by atoms with Gasteiger partial charge in [-0.2, -0.15) is 0 Å². The van der Waals surface area contributed by atoms with E-state index in [2.05, 4.69) is 24.8 Å². The number of rotatable bonds is 5. The van der Waals surface area contributed by atoms with Gasteiger partial charge in [-0.1, -0.05) is 0 Å². The molecule has 32 heavy (non-hydrogen) atoms. The van der Waals surface area contributed by atoms with Crippen molar-refractivity contribution < 1.29 is 9.53 Å². The molecule has 0 radical (unpaired) electrons. The van der Waals surface area contributed by atoms with Gasteiger partial charge in [0.25, 0.3) is 5.91 Å². The van der Waals surface area contributed by atoms with Crippen LogP contribution < -0.4 is 9.64 Å². The van der Waals surface area contributed by atoms with Crippen LogP contribution in [-0.2, 0) is 0 Å². The van der Waals surface area contributed by atoms with Crippen LogP contribution in [0.3, 0.4) is 0 Å². The molecule has 4 aromatic rings. The third-order valence-corrected chi connectivity index (χ3v) is 5.25. The minimum Gasteiger partial charge on any atom is -0.424 e. The second-order valence-corrected chi connectivity index (χ2v) is 7.26. The molecule has 5 rings (SSSR count). The first-order chi connectivity index (χ1) is 15.8. The maximum Gasteiger partial charge on any atom is 0.321 e. The van der Waals surface area contributed by atoms with Gasteiger partial charge in [-0.15, -0.1) is 0 Å². The first kappa shape index (κ1) is 19.7. The van der Waals surface area contributed by atoms with E-state index in [-0.39, 0.29) is 11.9 Å². The number of carbonyl (C=O) groups excluding carboxylic acids is 1. The van der Waals surface area contributed by atoms with E-state index in [1.54, 1.807) is 49.1 Å². The number of hydrogen-bond donors (Lipinski definition) is 0. The quantitative estimate of drug-likeness (QED) is 0.484. The van der Waals surface area contributed by atoms with Gasteiger partial charge >= 0.3 is 6.01 Å². The highest BCUT2D eigenvalue weighted by Crippen LogP contribution is 2.20. The SMILES string of the molecule is O=C(c1ccc(Oc2ncccn2)cc1)N1CCN(c2cc(-n3cccc3)ncn2)CC1. The van der Waals surface area contributed by atoms with E-state index in [0.717, 1.165) is 11.6 Å². The van der Waals surface area contributed by atoms with Gasteiger partial charge < -0.3 is 19.1 Å². The van der Waals surface area contributed by atoms with Crippen LogP contribution >= 0.6 is 0 Å². The monoisotopic (exact) mass is 427 g/mol. The highest BCUT2D eigenvalue weighted by Gasteiger charge is 2.23. The molecule has 9 nitrogen and oxygen atoms in total. The zero-order chi connectivity index (χ0) is 21.8. The molecule has 0 atom stereocenters. The third kappa shape index (κ3) is 4.27. The summed E-state index contributed by atoms with van der Waals surface area (Å²) in [6.45, 7) is 2.66. The Morgan fingerprint density at radius 2 is 1.50 bits per heavy atom. The molecule has 0 unspecified atom stereocenters. The summed E-state index contributed by atoms with van der Waals surface area (Å²) in [4.78, 5) is 33.8. The lowest BCUT2D eigenvalue weighted by molar-refractivity contribution is 0.0746. The van der Waals surface area contributed by atoms with E-state index in [0.29, 0.717) is 37.5 Å². The minimum atomic E-state index is 0.00267. The molecule has 1 amide bonds. The van der Waals surface area contributed by atoms with Gasteiger partial charge in [0.1, 0.15) is 23.7 Å². The molecule has 1 saturated heterocycles. The summed E-state index contributed by atoms with van der Waals surface area (Å²) in [7, 11) is 0. The van der Waals surface area contributed by atoms with Gasteiger partial charge in [0, 0.05) is 62.6 Å². The molecule has 0 aliphatic carbocycles. The zero-order valence-corrected chi connectivity index (χ0v) is 17.3. The van der Waals surface area contributed by atoms with Gasteiger partial charge in [0.15, 0.2) is 0 Å². The van der Waals surface area contributed by atoms with Crippen LogP contribution in [0.25, 0.3) is 5.82 Å². The number of nitrogens with zero attached hydrogens (tertiary/aromatic N) is 7. The number of carbonyl (C=O) groups is 1. The maximum atomic E-state index is 12.9. The second kappa shape index (κ2) is 8.84. The van der Waals surface area contributed by atoms with Gasteiger partial charge in [0.05, 0.1) is 0 Å². The Balaban J connectivity index is 1.20. The molecule has 1 aliphatic rings. The largest absolute Gasteiger partial charge is 0.424 e. The Kier molecular flexibility index (Phi) is 5.44. The number of benzene rings is 1. The number of ether oxygens (including phenoxy) is 1. The van der Waals surface area contributed by atoms with Crippen molar-refractivity contribution in [1.82, 2.24) is 29.4 Å². The first-order valence-corrected chi connectivity index (χ1v) is 10.3. The fourth-order valence-corrected chi connectivity index (χ4v) is 3.57. The van der Waals surface area contributed by atoms with Crippen molar-refractivity contribution in [1.29, 1.82) is 0 Å². The van der Waals surface area contributed by atoms with Crippen molar-refractivity contribution in [3.05, 3.63) is 85.2 Å². The number of amides is 1. The van der Waals surface area contributed by atoms with Crippen molar-refractivity contribution in [2.45, 2.75) is 0 Å². The Morgan fingerprint density at radius 3 is 2.22 bits per heavy atom. The van der Waals surface area contributed by atoms with Crippen molar-refractivity contribution in [2.24, 2.45) is 0 Å². The third-order valence-electron chi connectivity index (χ3n) is 5.25. The molecular formula is C23H21N7O2. The van der Waals surface area contributed by atoms with E-state index in [9.17, 15) is 4.79 Å². The van der Waals surface area contributed by atoms with E-state index >= 15 is 0 Å². The van der Waals surface area contributed by atoms with Crippen LogP contribution in [0, 0.1) is 0 Å². The van der Waals surface area contributed by atoms with Crippen LogP contribution in [0.5, 0.6) is 11.8 Å². The average Bonchev–Trinajstić information content (AvgIpc) is 3.40. The van der Waals surface area contributed by atoms with Crippen molar-refractivity contribution in [3.63, 3.8) is 0 Å². The van der Waals surface area contributed by atoms with Gasteiger partial charge in [-0.25, -0.2) is 19.9 Å². The summed E-state index contributed by atoms with van der Waals surface area (Å²) >= 11 is 0. The standard InChI is InChI=1S/C23H21N7O2/c31-22(18-4-6-19(7-5-18)32-23-24-8-3-9-25-23)30-14-12-29(13-15-30)21-16-20(26-17-27-21)28-10-1-2-11-28/h1-11,16-17H,12-15H2. The summed E-state index contributed by atoms with van der Waals surface area (Å²) in [6.07, 6.45) is 8.70. The van der Waals surface area contributed by atoms with Crippen LogP contribution in [-0.4, -0.2) is 61.5 Å². The second-order valence-electron chi connectivity index (χ2n) is 7.26. The summed E-state index contributed by atoms with van der Waals surface area (Å²) < 4.78 is 7.54. The molecule has 1 fully saturated rings. The lowest BCUT2D eigenvalue weighted by Gasteiger charge is -2.35.